The first-order valence-corrected chi connectivity index (χ1v) is 6.48. The molecule has 1 aliphatic rings. The lowest BCUT2D eigenvalue weighted by Crippen LogP contribution is -2.09. The molecule has 0 aliphatic carbocycles. The largest absolute Gasteiger partial charge is 0.487 e. The molecule has 0 atom stereocenters. The van der Waals surface area contributed by atoms with Crippen LogP contribution in [-0.2, 0) is 11.3 Å². The van der Waals surface area contributed by atoms with E-state index in [2.05, 4.69) is 20.9 Å². The van der Waals surface area contributed by atoms with Crippen LogP contribution in [0, 0.1) is 0 Å². The predicted octanol–water partition coefficient (Wildman–Crippen LogP) is 3.19. The highest BCUT2D eigenvalue weighted by molar-refractivity contribution is 9.10. The van der Waals surface area contributed by atoms with Gasteiger partial charge in [0, 0.05) is 5.56 Å². The third-order valence-corrected chi connectivity index (χ3v) is 3.47. The van der Waals surface area contributed by atoms with Crippen LogP contribution in [-0.4, -0.2) is 18.1 Å². The Labute approximate surface area is 118 Å². The van der Waals surface area contributed by atoms with Crippen molar-refractivity contribution in [3.63, 3.8) is 0 Å². The summed E-state index contributed by atoms with van der Waals surface area (Å²) in [6.07, 6.45) is 1.69. The van der Waals surface area contributed by atoms with Gasteiger partial charge in [-0.2, -0.15) is 0 Å². The van der Waals surface area contributed by atoms with Gasteiger partial charge < -0.3 is 9.47 Å². The highest BCUT2D eigenvalue weighted by Gasteiger charge is 2.19. The first-order chi connectivity index (χ1) is 9.19. The molecule has 5 heteroatoms. The van der Waals surface area contributed by atoms with Gasteiger partial charge in [-0.15, -0.1) is 0 Å². The molecule has 0 fully saturated rings. The minimum atomic E-state index is -0.343. The number of hydrogen-bond donors (Lipinski definition) is 0. The summed E-state index contributed by atoms with van der Waals surface area (Å²) in [7, 11) is 1.37. The Morgan fingerprint density at radius 1 is 1.37 bits per heavy atom. The Morgan fingerprint density at radius 3 is 3.00 bits per heavy atom. The Hall–Kier alpha value is -1.88. The number of nitrogens with zero attached hydrogens (tertiary/aromatic N) is 1. The molecule has 1 aromatic carbocycles. The molecule has 19 heavy (non-hydrogen) atoms. The summed E-state index contributed by atoms with van der Waals surface area (Å²) >= 11 is 3.35. The van der Waals surface area contributed by atoms with Gasteiger partial charge in [0.1, 0.15) is 17.0 Å². The van der Waals surface area contributed by atoms with E-state index in [9.17, 15) is 4.79 Å². The van der Waals surface area contributed by atoms with Gasteiger partial charge in [0.25, 0.3) is 0 Å². The van der Waals surface area contributed by atoms with Crippen molar-refractivity contribution in [1.29, 1.82) is 0 Å². The zero-order valence-corrected chi connectivity index (χ0v) is 11.7. The highest BCUT2D eigenvalue weighted by atomic mass is 79.9. The molecule has 0 spiro atoms. The summed E-state index contributed by atoms with van der Waals surface area (Å²) in [6, 6.07) is 7.38. The van der Waals surface area contributed by atoms with Gasteiger partial charge in [0.05, 0.1) is 18.9 Å². The number of methoxy groups -OCH3 is 1. The number of halogens is 1. The van der Waals surface area contributed by atoms with Crippen molar-refractivity contribution in [1.82, 2.24) is 4.98 Å². The first kappa shape index (κ1) is 12.2. The van der Waals surface area contributed by atoms with Crippen LogP contribution in [0.4, 0.5) is 0 Å². The van der Waals surface area contributed by atoms with Crippen LogP contribution in [0.2, 0.25) is 0 Å². The van der Waals surface area contributed by atoms with Crippen molar-refractivity contribution in [2.45, 2.75) is 6.61 Å². The fraction of sp³-hybridized carbons (Fsp3) is 0.143. The van der Waals surface area contributed by atoms with Crippen LogP contribution in [0.15, 0.2) is 35.1 Å². The fourth-order valence-corrected chi connectivity index (χ4v) is 2.45. The third kappa shape index (κ3) is 2.10. The molecule has 4 nitrogen and oxygen atoms in total. The molecular weight excluding hydrogens is 310 g/mol. The van der Waals surface area contributed by atoms with Crippen molar-refractivity contribution in [2.24, 2.45) is 0 Å². The number of carbonyl (C=O) groups is 1. The Balaban J connectivity index is 2.12. The topological polar surface area (TPSA) is 48.4 Å². The zero-order valence-electron chi connectivity index (χ0n) is 10.1. The van der Waals surface area contributed by atoms with Crippen molar-refractivity contribution >= 4 is 21.9 Å². The van der Waals surface area contributed by atoms with Crippen LogP contribution in [0.1, 0.15) is 15.9 Å². The SMILES string of the molecule is COC(=O)c1ccc2c(c1)COc1cnc(Br)cc1-2. The molecule has 0 saturated carbocycles. The van der Waals surface area contributed by atoms with E-state index < -0.39 is 0 Å². The van der Waals surface area contributed by atoms with Crippen LogP contribution in [0.25, 0.3) is 11.1 Å². The summed E-state index contributed by atoms with van der Waals surface area (Å²) in [6.45, 7) is 0.427. The van der Waals surface area contributed by atoms with Crippen LogP contribution in [0.5, 0.6) is 5.75 Å². The smallest absolute Gasteiger partial charge is 0.337 e. The second-order valence-electron chi connectivity index (χ2n) is 4.16. The van der Waals surface area contributed by atoms with Crippen molar-refractivity contribution in [3.05, 3.63) is 46.2 Å². The quantitative estimate of drug-likeness (QED) is 0.598. The number of benzene rings is 1. The fourth-order valence-electron chi connectivity index (χ4n) is 2.12. The monoisotopic (exact) mass is 319 g/mol. The number of esters is 1. The molecule has 0 radical (unpaired) electrons. The van der Waals surface area contributed by atoms with Crippen LogP contribution in [0.3, 0.4) is 0 Å². The van der Waals surface area contributed by atoms with E-state index in [1.807, 2.05) is 12.1 Å². The lowest BCUT2D eigenvalue weighted by Gasteiger charge is -2.20. The van der Waals surface area contributed by atoms with Crippen molar-refractivity contribution in [3.8, 4) is 16.9 Å². The van der Waals surface area contributed by atoms with E-state index in [1.54, 1.807) is 18.3 Å². The standard InChI is InChI=1S/C14H10BrNO3/c1-18-14(17)8-2-3-10-9(4-8)7-19-12-6-16-13(15)5-11(10)12/h2-6H,7H2,1H3. The van der Waals surface area contributed by atoms with E-state index in [0.717, 1.165) is 27.0 Å². The molecule has 96 valence electrons. The number of fused-ring (bicyclic) bond motifs is 3. The minimum absolute atomic E-state index is 0.343. The zero-order chi connectivity index (χ0) is 13.4. The van der Waals surface area contributed by atoms with Crippen LogP contribution >= 0.6 is 15.9 Å². The first-order valence-electron chi connectivity index (χ1n) is 5.69. The summed E-state index contributed by atoms with van der Waals surface area (Å²) in [4.78, 5) is 15.7. The van der Waals surface area contributed by atoms with Gasteiger partial charge in [-0.05, 0) is 45.3 Å². The second kappa shape index (κ2) is 4.66. The third-order valence-electron chi connectivity index (χ3n) is 3.03. The molecule has 2 heterocycles. The number of pyridine rings is 1. The van der Waals surface area contributed by atoms with Gasteiger partial charge in [0.15, 0.2) is 0 Å². The van der Waals surface area contributed by atoms with E-state index in [1.165, 1.54) is 7.11 Å². The summed E-state index contributed by atoms with van der Waals surface area (Å²) in [5.41, 5.74) is 3.52. The Morgan fingerprint density at radius 2 is 2.21 bits per heavy atom. The molecular formula is C14H10BrNO3. The molecule has 0 bridgehead atoms. The number of aromatic nitrogens is 1. The molecule has 1 aromatic heterocycles. The molecule has 1 aliphatic heterocycles. The number of hydrogen-bond acceptors (Lipinski definition) is 4. The van der Waals surface area contributed by atoms with E-state index in [4.69, 9.17) is 9.47 Å². The average molecular weight is 320 g/mol. The maximum absolute atomic E-state index is 11.5. The lowest BCUT2D eigenvalue weighted by atomic mass is 9.96. The van der Waals surface area contributed by atoms with Gasteiger partial charge in [0.2, 0.25) is 0 Å². The van der Waals surface area contributed by atoms with Crippen molar-refractivity contribution in [2.75, 3.05) is 7.11 Å². The minimum Gasteiger partial charge on any atom is -0.487 e. The number of carbonyl (C=O) groups excluding carboxylic acids is 1. The van der Waals surface area contributed by atoms with Crippen molar-refractivity contribution < 1.29 is 14.3 Å². The van der Waals surface area contributed by atoms with Gasteiger partial charge in [-0.1, -0.05) is 6.07 Å². The highest BCUT2D eigenvalue weighted by Crippen LogP contribution is 2.38. The molecule has 0 unspecified atom stereocenters. The molecule has 3 rings (SSSR count). The van der Waals surface area contributed by atoms with E-state index in [-0.39, 0.29) is 5.97 Å². The summed E-state index contributed by atoms with van der Waals surface area (Å²) < 4.78 is 11.1. The van der Waals surface area contributed by atoms with E-state index in [0.29, 0.717) is 12.2 Å². The normalized spacial score (nSPS) is 12.1. The molecule has 0 amide bonds. The molecule has 0 N–H and O–H groups in total. The van der Waals surface area contributed by atoms with Gasteiger partial charge in [-0.3, -0.25) is 0 Å². The molecule has 0 saturated heterocycles. The maximum atomic E-state index is 11.5. The Bertz CT molecular complexity index is 670. The van der Waals surface area contributed by atoms with Crippen LogP contribution < -0.4 is 4.74 Å². The second-order valence-corrected chi connectivity index (χ2v) is 4.97. The number of rotatable bonds is 1. The molecule has 2 aromatic rings. The summed E-state index contributed by atoms with van der Waals surface area (Å²) in [5, 5.41) is 0. The lowest BCUT2D eigenvalue weighted by molar-refractivity contribution is 0.0600. The van der Waals surface area contributed by atoms with E-state index >= 15 is 0 Å². The van der Waals surface area contributed by atoms with Gasteiger partial charge >= 0.3 is 5.97 Å². The maximum Gasteiger partial charge on any atom is 0.337 e. The summed E-state index contributed by atoms with van der Waals surface area (Å²) in [5.74, 6) is 0.408. The predicted molar refractivity (Wildman–Crippen MR) is 73.0 cm³/mol. The Kier molecular flexibility index (Phi) is 2.98. The van der Waals surface area contributed by atoms with Gasteiger partial charge in [-0.25, -0.2) is 9.78 Å². The number of ether oxygens (including phenoxy) is 2. The average Bonchev–Trinajstić information content (AvgIpc) is 2.45.